The molecule has 1 aliphatic rings. The van der Waals surface area contributed by atoms with Crippen LogP contribution in [-0.4, -0.2) is 18.6 Å². The molecule has 1 heterocycles. The SMILES string of the molecule is CC(NC(=O)C1CCCO1)c1cccc(F)c1. The average Bonchev–Trinajstić information content (AvgIpc) is 2.82. The number of benzene rings is 1. The summed E-state index contributed by atoms with van der Waals surface area (Å²) < 4.78 is 18.3. The maximum absolute atomic E-state index is 13.0. The van der Waals surface area contributed by atoms with Crippen molar-refractivity contribution in [3.05, 3.63) is 35.6 Å². The highest BCUT2D eigenvalue weighted by atomic mass is 19.1. The summed E-state index contributed by atoms with van der Waals surface area (Å²) >= 11 is 0. The summed E-state index contributed by atoms with van der Waals surface area (Å²) in [6, 6.07) is 6.05. The number of hydrogen-bond donors (Lipinski definition) is 1. The molecule has 3 nitrogen and oxygen atoms in total. The van der Waals surface area contributed by atoms with Crippen molar-refractivity contribution in [2.24, 2.45) is 0 Å². The van der Waals surface area contributed by atoms with Crippen molar-refractivity contribution in [3.63, 3.8) is 0 Å². The maximum atomic E-state index is 13.0. The van der Waals surface area contributed by atoms with Gasteiger partial charge in [-0.3, -0.25) is 4.79 Å². The topological polar surface area (TPSA) is 38.3 Å². The Balaban J connectivity index is 1.96. The van der Waals surface area contributed by atoms with E-state index in [0.717, 1.165) is 18.4 Å². The number of carbonyl (C=O) groups excluding carboxylic acids is 1. The van der Waals surface area contributed by atoms with Crippen LogP contribution < -0.4 is 5.32 Å². The van der Waals surface area contributed by atoms with Gasteiger partial charge < -0.3 is 10.1 Å². The molecule has 1 saturated heterocycles. The van der Waals surface area contributed by atoms with Crippen LogP contribution in [0.25, 0.3) is 0 Å². The fraction of sp³-hybridized carbons (Fsp3) is 0.462. The number of nitrogens with one attached hydrogen (secondary N) is 1. The molecule has 1 N–H and O–H groups in total. The largest absolute Gasteiger partial charge is 0.368 e. The third-order valence-corrected chi connectivity index (χ3v) is 2.93. The van der Waals surface area contributed by atoms with E-state index in [1.54, 1.807) is 12.1 Å². The lowest BCUT2D eigenvalue weighted by Crippen LogP contribution is -2.35. The van der Waals surface area contributed by atoms with Crippen molar-refractivity contribution in [3.8, 4) is 0 Å². The van der Waals surface area contributed by atoms with E-state index in [2.05, 4.69) is 5.32 Å². The molecule has 0 saturated carbocycles. The van der Waals surface area contributed by atoms with Gasteiger partial charge in [-0.05, 0) is 37.5 Å². The van der Waals surface area contributed by atoms with Crippen LogP contribution in [0, 0.1) is 5.82 Å². The van der Waals surface area contributed by atoms with Gasteiger partial charge in [0.25, 0.3) is 0 Å². The van der Waals surface area contributed by atoms with Crippen LogP contribution in [0.15, 0.2) is 24.3 Å². The zero-order valence-electron chi connectivity index (χ0n) is 9.78. The molecule has 2 atom stereocenters. The zero-order chi connectivity index (χ0) is 12.3. The molecule has 0 bridgehead atoms. The Morgan fingerprint density at radius 2 is 2.41 bits per heavy atom. The van der Waals surface area contributed by atoms with Gasteiger partial charge in [0.2, 0.25) is 5.91 Å². The van der Waals surface area contributed by atoms with Crippen LogP contribution in [0.3, 0.4) is 0 Å². The van der Waals surface area contributed by atoms with Crippen molar-refractivity contribution in [1.29, 1.82) is 0 Å². The van der Waals surface area contributed by atoms with Gasteiger partial charge in [-0.1, -0.05) is 12.1 Å². The number of hydrogen-bond acceptors (Lipinski definition) is 2. The fourth-order valence-electron chi connectivity index (χ4n) is 1.95. The highest BCUT2D eigenvalue weighted by Crippen LogP contribution is 2.16. The summed E-state index contributed by atoms with van der Waals surface area (Å²) in [6.45, 7) is 2.48. The monoisotopic (exact) mass is 237 g/mol. The Labute approximate surface area is 100.0 Å². The van der Waals surface area contributed by atoms with E-state index in [4.69, 9.17) is 4.74 Å². The lowest BCUT2D eigenvalue weighted by molar-refractivity contribution is -0.130. The first-order chi connectivity index (χ1) is 8.16. The molecule has 0 aromatic heterocycles. The van der Waals surface area contributed by atoms with Crippen LogP contribution in [-0.2, 0) is 9.53 Å². The van der Waals surface area contributed by atoms with Gasteiger partial charge in [0, 0.05) is 6.61 Å². The fourth-order valence-corrected chi connectivity index (χ4v) is 1.95. The first-order valence-corrected chi connectivity index (χ1v) is 5.84. The minimum atomic E-state index is -0.342. The molecule has 2 unspecified atom stereocenters. The molecular formula is C13H16FNO2. The molecule has 0 spiro atoms. The van der Waals surface area contributed by atoms with Crippen molar-refractivity contribution in [2.45, 2.75) is 31.9 Å². The van der Waals surface area contributed by atoms with Crippen LogP contribution in [0.5, 0.6) is 0 Å². The first kappa shape index (κ1) is 12.0. The Morgan fingerprint density at radius 1 is 1.59 bits per heavy atom. The van der Waals surface area contributed by atoms with Crippen LogP contribution in [0.1, 0.15) is 31.4 Å². The summed E-state index contributed by atoms with van der Waals surface area (Å²) in [5.74, 6) is -0.403. The van der Waals surface area contributed by atoms with E-state index >= 15 is 0 Å². The zero-order valence-corrected chi connectivity index (χ0v) is 9.78. The van der Waals surface area contributed by atoms with Gasteiger partial charge in [-0.2, -0.15) is 0 Å². The van der Waals surface area contributed by atoms with Gasteiger partial charge in [-0.15, -0.1) is 0 Å². The second-order valence-electron chi connectivity index (χ2n) is 4.29. The number of carbonyl (C=O) groups is 1. The highest BCUT2D eigenvalue weighted by molar-refractivity contribution is 5.81. The second kappa shape index (κ2) is 5.27. The molecule has 1 aromatic rings. The second-order valence-corrected chi connectivity index (χ2v) is 4.29. The molecular weight excluding hydrogens is 221 g/mol. The minimum absolute atomic E-state index is 0.112. The third-order valence-electron chi connectivity index (χ3n) is 2.93. The minimum Gasteiger partial charge on any atom is -0.368 e. The molecule has 92 valence electrons. The molecule has 1 amide bonds. The molecule has 0 radical (unpaired) electrons. The summed E-state index contributed by atoms with van der Waals surface area (Å²) in [5.41, 5.74) is 0.761. The van der Waals surface area contributed by atoms with E-state index in [9.17, 15) is 9.18 Å². The summed E-state index contributed by atoms with van der Waals surface area (Å²) in [5, 5.41) is 2.83. The van der Waals surface area contributed by atoms with Crippen LogP contribution in [0.2, 0.25) is 0 Å². The lowest BCUT2D eigenvalue weighted by atomic mass is 10.1. The Bertz CT molecular complexity index is 402. The van der Waals surface area contributed by atoms with Crippen molar-refractivity contribution in [1.82, 2.24) is 5.32 Å². The molecule has 1 fully saturated rings. The quantitative estimate of drug-likeness (QED) is 0.875. The Kier molecular flexibility index (Phi) is 3.74. The van der Waals surface area contributed by atoms with Crippen molar-refractivity contribution >= 4 is 5.91 Å². The normalized spacial score (nSPS) is 21.2. The van der Waals surface area contributed by atoms with Gasteiger partial charge in [0.05, 0.1) is 6.04 Å². The number of halogens is 1. The number of rotatable bonds is 3. The summed E-state index contributed by atoms with van der Waals surface area (Å²) in [6.07, 6.45) is 1.35. The number of amides is 1. The maximum Gasteiger partial charge on any atom is 0.249 e. The van der Waals surface area contributed by atoms with E-state index in [1.807, 2.05) is 6.92 Å². The van der Waals surface area contributed by atoms with Crippen molar-refractivity contribution < 1.29 is 13.9 Å². The molecule has 4 heteroatoms. The number of ether oxygens (including phenoxy) is 1. The third kappa shape index (κ3) is 3.03. The summed E-state index contributed by atoms with van der Waals surface area (Å²) in [4.78, 5) is 11.8. The molecule has 1 aliphatic heterocycles. The van der Waals surface area contributed by atoms with E-state index in [1.165, 1.54) is 12.1 Å². The van der Waals surface area contributed by atoms with Gasteiger partial charge in [0.1, 0.15) is 11.9 Å². The van der Waals surface area contributed by atoms with Crippen LogP contribution in [0.4, 0.5) is 4.39 Å². The Morgan fingerprint density at radius 3 is 3.06 bits per heavy atom. The standard InChI is InChI=1S/C13H16FNO2/c1-9(10-4-2-5-11(14)8-10)15-13(16)12-6-3-7-17-12/h2,4-5,8-9,12H,3,6-7H2,1H3,(H,15,16). The highest BCUT2D eigenvalue weighted by Gasteiger charge is 2.24. The smallest absolute Gasteiger partial charge is 0.249 e. The van der Waals surface area contributed by atoms with E-state index in [0.29, 0.717) is 6.61 Å². The molecule has 2 rings (SSSR count). The van der Waals surface area contributed by atoms with E-state index < -0.39 is 0 Å². The molecule has 17 heavy (non-hydrogen) atoms. The predicted octanol–water partition coefficient (Wildman–Crippen LogP) is 2.18. The van der Waals surface area contributed by atoms with Crippen molar-refractivity contribution in [2.75, 3.05) is 6.61 Å². The van der Waals surface area contributed by atoms with Gasteiger partial charge in [0.15, 0.2) is 0 Å². The van der Waals surface area contributed by atoms with E-state index in [-0.39, 0.29) is 23.9 Å². The predicted molar refractivity (Wildman–Crippen MR) is 61.9 cm³/mol. The Hall–Kier alpha value is -1.42. The van der Waals surface area contributed by atoms with Crippen LogP contribution >= 0.6 is 0 Å². The molecule has 0 aliphatic carbocycles. The van der Waals surface area contributed by atoms with Gasteiger partial charge >= 0.3 is 0 Å². The first-order valence-electron chi connectivity index (χ1n) is 5.84. The lowest BCUT2D eigenvalue weighted by Gasteiger charge is -2.17. The van der Waals surface area contributed by atoms with Gasteiger partial charge in [-0.25, -0.2) is 4.39 Å². The molecule has 1 aromatic carbocycles. The average molecular weight is 237 g/mol. The summed E-state index contributed by atoms with van der Waals surface area (Å²) in [7, 11) is 0.